The molecule has 11 nitrogen and oxygen atoms in total. The molecule has 0 amide bonds. The highest BCUT2D eigenvalue weighted by Crippen LogP contribution is 2.40. The van der Waals surface area contributed by atoms with E-state index in [1.165, 1.54) is 0 Å². The fourth-order valence-corrected chi connectivity index (χ4v) is 6.46. The lowest BCUT2D eigenvalue weighted by atomic mass is 9.83. The van der Waals surface area contributed by atoms with Gasteiger partial charge in [-0.3, -0.25) is 4.68 Å². The van der Waals surface area contributed by atoms with Gasteiger partial charge in [0.05, 0.1) is 36.7 Å². The van der Waals surface area contributed by atoms with Gasteiger partial charge in [-0.2, -0.15) is 15.6 Å². The summed E-state index contributed by atoms with van der Waals surface area (Å²) in [4.78, 5) is 19.3. The first kappa shape index (κ1) is 25.7. The maximum absolute atomic E-state index is 9.91. The zero-order valence-corrected chi connectivity index (χ0v) is 23.2. The van der Waals surface area contributed by atoms with Crippen LogP contribution in [0.3, 0.4) is 0 Å². The molecule has 0 aromatic carbocycles. The van der Waals surface area contributed by atoms with Gasteiger partial charge >= 0.3 is 0 Å². The van der Waals surface area contributed by atoms with E-state index in [2.05, 4.69) is 42.4 Å². The van der Waals surface area contributed by atoms with Crippen LogP contribution in [0.5, 0.6) is 5.88 Å². The first-order valence-electron chi connectivity index (χ1n) is 13.8. The predicted octanol–water partition coefficient (Wildman–Crippen LogP) is 3.60. The maximum atomic E-state index is 9.91. The summed E-state index contributed by atoms with van der Waals surface area (Å²) in [7, 11) is 3.48. The summed E-state index contributed by atoms with van der Waals surface area (Å²) >= 11 is 0. The maximum Gasteiger partial charge on any atom is 0.212 e. The summed E-state index contributed by atoms with van der Waals surface area (Å²) in [5, 5.41) is 28.5. The number of nitriles is 2. The van der Waals surface area contributed by atoms with Crippen molar-refractivity contribution in [2.45, 2.75) is 31.0 Å². The molecule has 0 spiro atoms. The number of hydrogen-bond acceptors (Lipinski definition) is 9. The average Bonchev–Trinajstić information content (AvgIpc) is 3.70. The number of aromatic amines is 1. The van der Waals surface area contributed by atoms with E-state index < -0.39 is 0 Å². The van der Waals surface area contributed by atoms with Crippen LogP contribution in [0.2, 0.25) is 0 Å². The van der Waals surface area contributed by atoms with Gasteiger partial charge in [0.25, 0.3) is 0 Å². The van der Waals surface area contributed by atoms with Crippen molar-refractivity contribution in [2.24, 2.45) is 13.0 Å². The third-order valence-electron chi connectivity index (χ3n) is 8.46. The molecule has 0 saturated carbocycles. The van der Waals surface area contributed by atoms with E-state index in [0.717, 1.165) is 52.1 Å². The van der Waals surface area contributed by atoms with Crippen molar-refractivity contribution < 1.29 is 4.74 Å². The molecule has 2 N–H and O–H groups in total. The fourth-order valence-electron chi connectivity index (χ4n) is 6.46. The molecule has 2 fully saturated rings. The van der Waals surface area contributed by atoms with Crippen LogP contribution in [-0.4, -0.2) is 61.5 Å². The number of nitrogens with zero attached hydrogens (tertiary/aromatic N) is 8. The molecular weight excluding hydrogens is 528 g/mol. The standard InChI is InChI=1S/C31H28N10O/c1-40-16-21(15-37-40)24-10-23-29(20(11-33)14-36-31(23)39-24)19-4-5-27(34-13-19)41-17-26-30(41)22(7-8-32)25(38-26)9-18-3-6-28(42-2)35-12-18/h3-6,10,12-16,22,25-26,30,38H,7,9,17H2,1-2H3,(H,36,39)/t22-,25?,26-,30-/m0/s1. The molecule has 0 bridgehead atoms. The Balaban J connectivity index is 1.15. The normalized spacial score (nSPS) is 21.0. The van der Waals surface area contributed by atoms with Crippen molar-refractivity contribution in [3.63, 3.8) is 0 Å². The van der Waals surface area contributed by atoms with Crippen LogP contribution in [0.15, 0.2) is 61.3 Å². The molecule has 2 aliphatic heterocycles. The number of fused-ring (bicyclic) bond motifs is 2. The number of aryl methyl sites for hydroxylation is 1. The Bertz CT molecular complexity index is 1840. The zero-order valence-electron chi connectivity index (χ0n) is 23.2. The summed E-state index contributed by atoms with van der Waals surface area (Å²) in [6.45, 7) is 0.825. The summed E-state index contributed by atoms with van der Waals surface area (Å²) in [5.41, 5.74) is 5.77. The SMILES string of the molecule is COc1ccc(CC2N[C@H]3CN(c4ccc(-c5c(C#N)cnc6[nH]c(-c7cnn(C)c7)cc56)cn4)[C@H]3[C@H]2CC#N)cn1. The molecule has 208 valence electrons. The van der Waals surface area contributed by atoms with Gasteiger partial charge in [0.1, 0.15) is 17.5 Å². The smallest absolute Gasteiger partial charge is 0.212 e. The minimum atomic E-state index is 0.160. The number of pyridine rings is 3. The third-order valence-corrected chi connectivity index (χ3v) is 8.46. The van der Waals surface area contributed by atoms with E-state index in [4.69, 9.17) is 9.72 Å². The first-order valence-corrected chi connectivity index (χ1v) is 13.8. The number of ether oxygens (including phenoxy) is 1. The number of anilines is 1. The minimum Gasteiger partial charge on any atom is -0.481 e. The summed E-state index contributed by atoms with van der Waals surface area (Å²) in [6.07, 6.45) is 10.3. The number of H-pyrrole nitrogens is 1. The minimum absolute atomic E-state index is 0.160. The second kappa shape index (κ2) is 10.3. The van der Waals surface area contributed by atoms with Crippen LogP contribution < -0.4 is 15.0 Å². The number of methoxy groups -OCH3 is 1. The van der Waals surface area contributed by atoms with Crippen molar-refractivity contribution in [3.05, 3.63) is 72.4 Å². The van der Waals surface area contributed by atoms with Gasteiger partial charge in [-0.25, -0.2) is 15.0 Å². The van der Waals surface area contributed by atoms with E-state index in [0.29, 0.717) is 29.6 Å². The monoisotopic (exact) mass is 556 g/mol. The molecule has 11 heteroatoms. The van der Waals surface area contributed by atoms with Crippen LogP contribution in [0.4, 0.5) is 5.82 Å². The topological polar surface area (TPSA) is 144 Å². The number of nitrogens with one attached hydrogen (secondary N) is 2. The van der Waals surface area contributed by atoms with Gasteiger partial charge in [0.15, 0.2) is 0 Å². The quantitative estimate of drug-likeness (QED) is 0.307. The van der Waals surface area contributed by atoms with E-state index in [1.807, 2.05) is 56.0 Å². The Morgan fingerprint density at radius 3 is 2.64 bits per heavy atom. The summed E-state index contributed by atoms with van der Waals surface area (Å²) < 4.78 is 6.94. The molecule has 2 aliphatic rings. The molecular formula is C31H28N10O. The molecule has 42 heavy (non-hydrogen) atoms. The van der Waals surface area contributed by atoms with Gasteiger partial charge in [0.2, 0.25) is 5.88 Å². The molecule has 5 aromatic heterocycles. The summed E-state index contributed by atoms with van der Waals surface area (Å²) in [5.74, 6) is 1.62. The van der Waals surface area contributed by atoms with E-state index in [-0.39, 0.29) is 18.0 Å². The van der Waals surface area contributed by atoms with Crippen molar-refractivity contribution >= 4 is 16.9 Å². The molecule has 7 heterocycles. The molecule has 1 unspecified atom stereocenters. The predicted molar refractivity (Wildman–Crippen MR) is 156 cm³/mol. The number of hydrogen-bond donors (Lipinski definition) is 2. The van der Waals surface area contributed by atoms with Crippen LogP contribution in [0, 0.1) is 28.6 Å². The summed E-state index contributed by atoms with van der Waals surface area (Å²) in [6, 6.07) is 15.3. The molecule has 2 saturated heterocycles. The molecule has 4 atom stereocenters. The van der Waals surface area contributed by atoms with Crippen molar-refractivity contribution in [3.8, 4) is 40.4 Å². The fraction of sp³-hybridized carbons (Fsp3) is 0.290. The Morgan fingerprint density at radius 2 is 1.95 bits per heavy atom. The highest BCUT2D eigenvalue weighted by atomic mass is 16.5. The van der Waals surface area contributed by atoms with Crippen LogP contribution >= 0.6 is 0 Å². The number of rotatable bonds is 7. The van der Waals surface area contributed by atoms with Gasteiger partial charge in [0, 0.05) is 90.9 Å². The van der Waals surface area contributed by atoms with Crippen molar-refractivity contribution in [1.29, 1.82) is 10.5 Å². The first-order chi connectivity index (χ1) is 20.6. The molecule has 0 aliphatic carbocycles. The van der Waals surface area contributed by atoms with Crippen molar-refractivity contribution in [1.82, 2.24) is 35.0 Å². The lowest BCUT2D eigenvalue weighted by Crippen LogP contribution is -2.63. The van der Waals surface area contributed by atoms with Gasteiger partial charge in [-0.05, 0) is 30.2 Å². The second-order valence-corrected chi connectivity index (χ2v) is 10.9. The van der Waals surface area contributed by atoms with Crippen LogP contribution in [0.25, 0.3) is 33.4 Å². The van der Waals surface area contributed by atoms with Gasteiger partial charge in [-0.15, -0.1) is 0 Å². The zero-order chi connectivity index (χ0) is 28.8. The van der Waals surface area contributed by atoms with E-state index in [9.17, 15) is 10.5 Å². The Hall–Kier alpha value is -5.26. The Kier molecular flexibility index (Phi) is 6.30. The van der Waals surface area contributed by atoms with Gasteiger partial charge in [-0.1, -0.05) is 6.07 Å². The lowest BCUT2D eigenvalue weighted by Gasteiger charge is -2.47. The van der Waals surface area contributed by atoms with Gasteiger partial charge < -0.3 is 19.9 Å². The third kappa shape index (κ3) is 4.31. The largest absolute Gasteiger partial charge is 0.481 e. The average molecular weight is 557 g/mol. The Morgan fingerprint density at radius 1 is 1.05 bits per heavy atom. The van der Waals surface area contributed by atoms with Crippen molar-refractivity contribution in [2.75, 3.05) is 18.6 Å². The number of aromatic nitrogens is 6. The van der Waals surface area contributed by atoms with E-state index in [1.54, 1.807) is 24.2 Å². The molecule has 0 radical (unpaired) electrons. The van der Waals surface area contributed by atoms with E-state index >= 15 is 0 Å². The molecule has 5 aromatic rings. The highest BCUT2D eigenvalue weighted by Gasteiger charge is 2.52. The van der Waals surface area contributed by atoms with Crippen LogP contribution in [-0.2, 0) is 13.5 Å². The second-order valence-electron chi connectivity index (χ2n) is 10.9. The molecule has 7 rings (SSSR count). The highest BCUT2D eigenvalue weighted by molar-refractivity contribution is 5.98. The lowest BCUT2D eigenvalue weighted by molar-refractivity contribution is 0.336. The van der Waals surface area contributed by atoms with Crippen LogP contribution in [0.1, 0.15) is 17.5 Å². The Labute approximate surface area is 242 Å².